The van der Waals surface area contributed by atoms with Crippen LogP contribution >= 0.6 is 11.6 Å². The number of hydrogen-bond acceptors (Lipinski definition) is 4. The van der Waals surface area contributed by atoms with Gasteiger partial charge in [0.1, 0.15) is 0 Å². The molecule has 2 aliphatic rings. The van der Waals surface area contributed by atoms with Crippen LogP contribution in [0.15, 0.2) is 76.5 Å². The van der Waals surface area contributed by atoms with Crippen molar-refractivity contribution in [2.75, 3.05) is 26.3 Å². The van der Waals surface area contributed by atoms with Gasteiger partial charge in [0.25, 0.3) is 5.91 Å². The molecule has 0 radical (unpaired) electrons. The molecule has 2 aromatic rings. The fourth-order valence-corrected chi connectivity index (χ4v) is 4.02. The summed E-state index contributed by atoms with van der Waals surface area (Å²) in [6.45, 7) is 3.14. The minimum absolute atomic E-state index is 0.316. The third-order valence-corrected chi connectivity index (χ3v) is 5.57. The molecule has 2 aromatic carbocycles. The molecule has 6 heteroatoms. The van der Waals surface area contributed by atoms with E-state index in [1.807, 2.05) is 18.2 Å². The van der Waals surface area contributed by atoms with Crippen LogP contribution in [0.25, 0.3) is 6.08 Å². The van der Waals surface area contributed by atoms with E-state index in [2.05, 4.69) is 33.6 Å². The third kappa shape index (κ3) is 4.81. The molecule has 154 valence electrons. The van der Waals surface area contributed by atoms with Crippen LogP contribution < -0.4 is 5.43 Å². The number of hydrazone groups is 1. The van der Waals surface area contributed by atoms with Crippen LogP contribution in [0.3, 0.4) is 0 Å². The lowest BCUT2D eigenvalue weighted by atomic mass is 10.1. The molecular weight excluding hydrogens is 398 g/mol. The van der Waals surface area contributed by atoms with E-state index in [0.29, 0.717) is 10.6 Å². The van der Waals surface area contributed by atoms with Gasteiger partial charge in [0.15, 0.2) is 0 Å². The van der Waals surface area contributed by atoms with E-state index in [0.717, 1.165) is 44.7 Å². The summed E-state index contributed by atoms with van der Waals surface area (Å²) >= 11 is 6.10. The first-order valence-corrected chi connectivity index (χ1v) is 10.5. The van der Waals surface area contributed by atoms with Gasteiger partial charge in [-0.2, -0.15) is 5.10 Å². The molecule has 0 bridgehead atoms. The number of nitrogens with zero attached hydrogens (tertiary/aromatic N) is 2. The number of halogens is 1. The number of allylic oxidation sites excluding steroid dienone is 2. The van der Waals surface area contributed by atoms with Crippen LogP contribution in [0.2, 0.25) is 5.02 Å². The summed E-state index contributed by atoms with van der Waals surface area (Å²) in [5, 5.41) is 4.64. The first-order chi connectivity index (χ1) is 14.7. The smallest absolute Gasteiger partial charge is 0.272 e. The van der Waals surface area contributed by atoms with E-state index in [9.17, 15) is 4.79 Å². The standard InChI is InChI=1S/C24H24ClN3O2/c25-22-9-5-4-8-21(22)24(29)27-26-17-20-11-10-19(16-18-6-2-1-3-7-18)23(20)28-12-14-30-15-13-28/h1-9,16-17H,10-15H2,(H,27,29). The van der Waals surface area contributed by atoms with Crippen LogP contribution in [-0.4, -0.2) is 43.3 Å². The molecule has 30 heavy (non-hydrogen) atoms. The number of benzene rings is 2. The molecule has 1 heterocycles. The summed E-state index contributed by atoms with van der Waals surface area (Å²) in [6.07, 6.45) is 5.84. The van der Waals surface area contributed by atoms with Gasteiger partial charge in [-0.15, -0.1) is 0 Å². The van der Waals surface area contributed by atoms with Crippen molar-refractivity contribution in [3.63, 3.8) is 0 Å². The number of rotatable bonds is 5. The quantitative estimate of drug-likeness (QED) is 0.570. The fourth-order valence-electron chi connectivity index (χ4n) is 3.80. The monoisotopic (exact) mass is 421 g/mol. The van der Waals surface area contributed by atoms with Crippen LogP contribution in [0.5, 0.6) is 0 Å². The van der Waals surface area contributed by atoms with Gasteiger partial charge in [-0.05, 0) is 47.8 Å². The Labute approximate surface area is 181 Å². The molecule has 1 fully saturated rings. The largest absolute Gasteiger partial charge is 0.378 e. The minimum Gasteiger partial charge on any atom is -0.378 e. The molecule has 1 aliphatic heterocycles. The second kappa shape index (κ2) is 9.74. The predicted molar refractivity (Wildman–Crippen MR) is 120 cm³/mol. The summed E-state index contributed by atoms with van der Waals surface area (Å²) in [4.78, 5) is 14.7. The van der Waals surface area contributed by atoms with Gasteiger partial charge in [0.2, 0.25) is 0 Å². The summed E-state index contributed by atoms with van der Waals surface area (Å²) in [7, 11) is 0. The van der Waals surface area contributed by atoms with E-state index in [1.54, 1.807) is 30.5 Å². The molecule has 1 N–H and O–H groups in total. The molecule has 4 rings (SSSR count). The highest BCUT2D eigenvalue weighted by Gasteiger charge is 2.25. The van der Waals surface area contributed by atoms with Crippen LogP contribution in [0.1, 0.15) is 28.8 Å². The Hall–Kier alpha value is -2.89. The van der Waals surface area contributed by atoms with Crippen molar-refractivity contribution < 1.29 is 9.53 Å². The van der Waals surface area contributed by atoms with E-state index < -0.39 is 0 Å². The van der Waals surface area contributed by atoms with Crippen molar-refractivity contribution in [2.24, 2.45) is 5.10 Å². The number of nitrogens with one attached hydrogen (secondary N) is 1. The first-order valence-electron chi connectivity index (χ1n) is 10.1. The zero-order chi connectivity index (χ0) is 20.8. The highest BCUT2D eigenvalue weighted by Crippen LogP contribution is 2.35. The molecule has 1 aliphatic carbocycles. The van der Waals surface area contributed by atoms with Gasteiger partial charge < -0.3 is 9.64 Å². The molecule has 0 atom stereocenters. The molecule has 0 saturated carbocycles. The van der Waals surface area contributed by atoms with Gasteiger partial charge in [-0.25, -0.2) is 5.43 Å². The Bertz CT molecular complexity index is 993. The zero-order valence-corrected chi connectivity index (χ0v) is 17.4. The highest BCUT2D eigenvalue weighted by molar-refractivity contribution is 6.33. The lowest BCUT2D eigenvalue weighted by molar-refractivity contribution is 0.0548. The van der Waals surface area contributed by atoms with Crippen molar-refractivity contribution in [1.82, 2.24) is 10.3 Å². The van der Waals surface area contributed by atoms with E-state index in [-0.39, 0.29) is 5.91 Å². The van der Waals surface area contributed by atoms with Gasteiger partial charge in [-0.1, -0.05) is 54.1 Å². The number of morpholine rings is 1. The number of hydrogen-bond donors (Lipinski definition) is 1. The van der Waals surface area contributed by atoms with E-state index in [4.69, 9.17) is 16.3 Å². The average Bonchev–Trinajstić information content (AvgIpc) is 3.17. The number of amides is 1. The predicted octanol–water partition coefficient (Wildman–Crippen LogP) is 4.52. The number of carbonyl (C=O) groups excluding carboxylic acids is 1. The highest BCUT2D eigenvalue weighted by atomic mass is 35.5. The summed E-state index contributed by atoms with van der Waals surface area (Å²) < 4.78 is 5.53. The van der Waals surface area contributed by atoms with Crippen LogP contribution in [0.4, 0.5) is 0 Å². The lowest BCUT2D eigenvalue weighted by Gasteiger charge is -2.31. The molecule has 0 spiro atoms. The Kier molecular flexibility index (Phi) is 6.62. The summed E-state index contributed by atoms with van der Waals surface area (Å²) in [6, 6.07) is 17.3. The molecule has 1 amide bonds. The summed E-state index contributed by atoms with van der Waals surface area (Å²) in [5.41, 5.74) is 7.82. The normalized spacial score (nSPS) is 18.4. The van der Waals surface area contributed by atoms with Gasteiger partial charge >= 0.3 is 0 Å². The second-order valence-electron chi connectivity index (χ2n) is 7.23. The summed E-state index contributed by atoms with van der Waals surface area (Å²) in [5.74, 6) is -0.316. The van der Waals surface area contributed by atoms with Crippen LogP contribution in [-0.2, 0) is 4.74 Å². The number of ether oxygens (including phenoxy) is 1. The van der Waals surface area contributed by atoms with Crippen LogP contribution in [0, 0.1) is 0 Å². The third-order valence-electron chi connectivity index (χ3n) is 5.24. The van der Waals surface area contributed by atoms with Gasteiger partial charge in [-0.3, -0.25) is 4.79 Å². The number of carbonyl (C=O) groups is 1. The first kappa shape index (κ1) is 20.4. The van der Waals surface area contributed by atoms with E-state index in [1.165, 1.54) is 16.8 Å². The van der Waals surface area contributed by atoms with Crippen molar-refractivity contribution in [2.45, 2.75) is 12.8 Å². The second-order valence-corrected chi connectivity index (χ2v) is 7.64. The molecular formula is C24H24ClN3O2. The minimum atomic E-state index is -0.316. The maximum absolute atomic E-state index is 12.4. The molecule has 1 saturated heterocycles. The molecule has 0 aromatic heterocycles. The topological polar surface area (TPSA) is 53.9 Å². The van der Waals surface area contributed by atoms with Crippen molar-refractivity contribution in [3.8, 4) is 0 Å². The maximum Gasteiger partial charge on any atom is 0.272 e. The Morgan fingerprint density at radius 1 is 1.03 bits per heavy atom. The Morgan fingerprint density at radius 3 is 2.53 bits per heavy atom. The fraction of sp³-hybridized carbons (Fsp3) is 0.250. The Balaban J connectivity index is 1.57. The average molecular weight is 422 g/mol. The SMILES string of the molecule is O=C(NN=CC1=C(N2CCOCC2)C(=Cc2ccccc2)CC1)c1ccccc1Cl. The van der Waals surface area contributed by atoms with Crippen molar-refractivity contribution in [3.05, 3.63) is 87.6 Å². The molecule has 0 unspecified atom stereocenters. The van der Waals surface area contributed by atoms with E-state index >= 15 is 0 Å². The lowest BCUT2D eigenvalue weighted by Crippen LogP contribution is -2.36. The van der Waals surface area contributed by atoms with Crippen molar-refractivity contribution >= 4 is 29.8 Å². The molecule has 5 nitrogen and oxygen atoms in total. The Morgan fingerprint density at radius 2 is 1.77 bits per heavy atom. The van der Waals surface area contributed by atoms with Gasteiger partial charge in [0.05, 0.1) is 30.0 Å². The van der Waals surface area contributed by atoms with Crippen molar-refractivity contribution in [1.29, 1.82) is 0 Å². The maximum atomic E-state index is 12.4. The zero-order valence-electron chi connectivity index (χ0n) is 16.7. The van der Waals surface area contributed by atoms with Gasteiger partial charge in [0, 0.05) is 18.8 Å².